The fourth-order valence-corrected chi connectivity index (χ4v) is 2.05. The SMILES string of the molecule is COc1cccc(CNC(C)c2cc(O)ccc2O)c1. The van der Waals surface area contributed by atoms with Crippen LogP contribution in [0.4, 0.5) is 0 Å². The Morgan fingerprint density at radius 3 is 2.70 bits per heavy atom. The van der Waals surface area contributed by atoms with Crippen molar-refractivity contribution in [2.45, 2.75) is 19.5 Å². The highest BCUT2D eigenvalue weighted by Gasteiger charge is 2.10. The van der Waals surface area contributed by atoms with Gasteiger partial charge in [0, 0.05) is 18.2 Å². The highest BCUT2D eigenvalue weighted by Crippen LogP contribution is 2.28. The zero-order valence-electron chi connectivity index (χ0n) is 11.6. The first-order valence-corrected chi connectivity index (χ1v) is 6.48. The molecule has 2 aromatic carbocycles. The molecule has 20 heavy (non-hydrogen) atoms. The Bertz CT molecular complexity index is 584. The molecule has 1 atom stereocenters. The monoisotopic (exact) mass is 273 g/mol. The minimum Gasteiger partial charge on any atom is -0.508 e. The molecule has 0 heterocycles. The number of hydrogen-bond donors (Lipinski definition) is 3. The first-order chi connectivity index (χ1) is 9.60. The van der Waals surface area contributed by atoms with E-state index < -0.39 is 0 Å². The average Bonchev–Trinajstić information content (AvgIpc) is 2.47. The van der Waals surface area contributed by atoms with Crippen molar-refractivity contribution in [3.05, 3.63) is 53.6 Å². The second kappa shape index (κ2) is 6.30. The van der Waals surface area contributed by atoms with Crippen LogP contribution in [0.25, 0.3) is 0 Å². The van der Waals surface area contributed by atoms with Gasteiger partial charge in [-0.2, -0.15) is 0 Å². The van der Waals surface area contributed by atoms with Gasteiger partial charge in [-0.1, -0.05) is 12.1 Å². The molecule has 0 aromatic heterocycles. The second-order valence-corrected chi connectivity index (χ2v) is 4.70. The van der Waals surface area contributed by atoms with Crippen molar-refractivity contribution in [3.8, 4) is 17.2 Å². The van der Waals surface area contributed by atoms with Crippen LogP contribution in [0.1, 0.15) is 24.1 Å². The standard InChI is InChI=1S/C16H19NO3/c1-11(15-9-13(18)6-7-16(15)19)17-10-12-4-3-5-14(8-12)20-2/h3-9,11,17-19H,10H2,1-2H3. The van der Waals surface area contributed by atoms with Crippen molar-refractivity contribution in [3.63, 3.8) is 0 Å². The van der Waals surface area contributed by atoms with E-state index in [1.165, 1.54) is 12.1 Å². The lowest BCUT2D eigenvalue weighted by Crippen LogP contribution is -2.18. The summed E-state index contributed by atoms with van der Waals surface area (Å²) in [5.41, 5.74) is 1.77. The van der Waals surface area contributed by atoms with Gasteiger partial charge in [-0.15, -0.1) is 0 Å². The maximum absolute atomic E-state index is 9.81. The van der Waals surface area contributed by atoms with E-state index in [-0.39, 0.29) is 17.5 Å². The summed E-state index contributed by atoms with van der Waals surface area (Å²) in [7, 11) is 1.64. The molecule has 0 spiro atoms. The van der Waals surface area contributed by atoms with Crippen molar-refractivity contribution < 1.29 is 14.9 Å². The molecule has 0 fully saturated rings. The normalized spacial score (nSPS) is 12.1. The lowest BCUT2D eigenvalue weighted by atomic mass is 10.1. The number of rotatable bonds is 5. The van der Waals surface area contributed by atoms with E-state index in [4.69, 9.17) is 4.74 Å². The fourth-order valence-electron chi connectivity index (χ4n) is 2.05. The molecule has 0 aliphatic heterocycles. The van der Waals surface area contributed by atoms with Gasteiger partial charge in [0.1, 0.15) is 17.2 Å². The van der Waals surface area contributed by atoms with E-state index in [0.717, 1.165) is 11.3 Å². The zero-order valence-corrected chi connectivity index (χ0v) is 11.6. The van der Waals surface area contributed by atoms with E-state index in [2.05, 4.69) is 5.32 Å². The van der Waals surface area contributed by atoms with Gasteiger partial charge < -0.3 is 20.3 Å². The van der Waals surface area contributed by atoms with E-state index in [1.807, 2.05) is 31.2 Å². The second-order valence-electron chi connectivity index (χ2n) is 4.70. The molecule has 0 saturated carbocycles. The number of nitrogens with one attached hydrogen (secondary N) is 1. The summed E-state index contributed by atoms with van der Waals surface area (Å²) in [6, 6.07) is 12.3. The number of ether oxygens (including phenoxy) is 1. The van der Waals surface area contributed by atoms with Gasteiger partial charge in [0.25, 0.3) is 0 Å². The third-order valence-corrected chi connectivity index (χ3v) is 3.22. The molecule has 1 unspecified atom stereocenters. The summed E-state index contributed by atoms with van der Waals surface area (Å²) in [5.74, 6) is 1.14. The highest BCUT2D eigenvalue weighted by atomic mass is 16.5. The van der Waals surface area contributed by atoms with Crippen LogP contribution in [0.2, 0.25) is 0 Å². The zero-order chi connectivity index (χ0) is 14.5. The third-order valence-electron chi connectivity index (χ3n) is 3.22. The van der Waals surface area contributed by atoms with E-state index >= 15 is 0 Å². The molecule has 0 bridgehead atoms. The Balaban J connectivity index is 2.04. The maximum Gasteiger partial charge on any atom is 0.120 e. The number of phenols is 2. The largest absolute Gasteiger partial charge is 0.508 e. The van der Waals surface area contributed by atoms with Gasteiger partial charge in [-0.3, -0.25) is 0 Å². The topological polar surface area (TPSA) is 61.7 Å². The molecule has 3 N–H and O–H groups in total. The van der Waals surface area contributed by atoms with E-state index in [9.17, 15) is 10.2 Å². The number of hydrogen-bond acceptors (Lipinski definition) is 4. The molecule has 0 saturated heterocycles. The Morgan fingerprint density at radius 1 is 1.15 bits per heavy atom. The molecule has 4 nitrogen and oxygen atoms in total. The number of phenolic OH excluding ortho intramolecular Hbond substituents is 2. The fraction of sp³-hybridized carbons (Fsp3) is 0.250. The van der Waals surface area contributed by atoms with Crippen LogP contribution >= 0.6 is 0 Å². The minimum absolute atomic E-state index is 0.0756. The summed E-state index contributed by atoms with van der Waals surface area (Å²) in [5, 5.41) is 22.6. The quantitative estimate of drug-likeness (QED) is 0.733. The summed E-state index contributed by atoms with van der Waals surface area (Å²) >= 11 is 0. The van der Waals surface area contributed by atoms with Gasteiger partial charge in [0.15, 0.2) is 0 Å². The lowest BCUT2D eigenvalue weighted by Gasteiger charge is -2.16. The van der Waals surface area contributed by atoms with Crippen LogP contribution in [0.5, 0.6) is 17.2 Å². The Hall–Kier alpha value is -2.20. The minimum atomic E-state index is -0.0756. The molecular formula is C16H19NO3. The van der Waals surface area contributed by atoms with Crippen molar-refractivity contribution in [1.29, 1.82) is 0 Å². The molecule has 2 aromatic rings. The van der Waals surface area contributed by atoms with Crippen LogP contribution in [-0.2, 0) is 6.54 Å². The summed E-state index contributed by atoms with van der Waals surface area (Å²) < 4.78 is 5.18. The highest BCUT2D eigenvalue weighted by molar-refractivity contribution is 5.40. The predicted molar refractivity (Wildman–Crippen MR) is 78.0 cm³/mol. The first-order valence-electron chi connectivity index (χ1n) is 6.48. The summed E-state index contributed by atoms with van der Waals surface area (Å²) in [4.78, 5) is 0. The Labute approximate surface area is 118 Å². The van der Waals surface area contributed by atoms with E-state index in [0.29, 0.717) is 12.1 Å². The van der Waals surface area contributed by atoms with Gasteiger partial charge in [-0.05, 0) is 42.8 Å². The molecule has 0 amide bonds. The predicted octanol–water partition coefficient (Wildman–Crippen LogP) is 2.96. The van der Waals surface area contributed by atoms with E-state index in [1.54, 1.807) is 13.2 Å². The van der Waals surface area contributed by atoms with Crippen LogP contribution in [0.15, 0.2) is 42.5 Å². The molecule has 0 aliphatic carbocycles. The van der Waals surface area contributed by atoms with Crippen molar-refractivity contribution in [2.75, 3.05) is 7.11 Å². The van der Waals surface area contributed by atoms with Crippen molar-refractivity contribution in [2.24, 2.45) is 0 Å². The van der Waals surface area contributed by atoms with Gasteiger partial charge in [-0.25, -0.2) is 0 Å². The molecule has 0 aliphatic rings. The smallest absolute Gasteiger partial charge is 0.120 e. The van der Waals surface area contributed by atoms with Crippen LogP contribution in [0.3, 0.4) is 0 Å². The average molecular weight is 273 g/mol. The lowest BCUT2D eigenvalue weighted by molar-refractivity contribution is 0.413. The van der Waals surface area contributed by atoms with Crippen molar-refractivity contribution in [1.82, 2.24) is 5.32 Å². The maximum atomic E-state index is 9.81. The van der Waals surface area contributed by atoms with Crippen molar-refractivity contribution >= 4 is 0 Å². The van der Waals surface area contributed by atoms with Gasteiger partial charge in [0.05, 0.1) is 7.11 Å². The first kappa shape index (κ1) is 14.2. The Morgan fingerprint density at radius 2 is 1.95 bits per heavy atom. The van der Waals surface area contributed by atoms with Gasteiger partial charge >= 0.3 is 0 Å². The number of methoxy groups -OCH3 is 1. The molecule has 0 radical (unpaired) electrons. The molecule has 2 rings (SSSR count). The summed E-state index contributed by atoms with van der Waals surface area (Å²) in [6.45, 7) is 2.59. The third kappa shape index (κ3) is 3.42. The van der Waals surface area contributed by atoms with Crippen LogP contribution < -0.4 is 10.1 Å². The van der Waals surface area contributed by atoms with Gasteiger partial charge in [0.2, 0.25) is 0 Å². The molecule has 4 heteroatoms. The molecule has 106 valence electrons. The van der Waals surface area contributed by atoms with Crippen LogP contribution in [-0.4, -0.2) is 17.3 Å². The Kier molecular flexibility index (Phi) is 4.48. The summed E-state index contributed by atoms with van der Waals surface area (Å²) in [6.07, 6.45) is 0. The van der Waals surface area contributed by atoms with Crippen LogP contribution in [0, 0.1) is 0 Å². The molecular weight excluding hydrogens is 254 g/mol. The number of benzene rings is 2. The number of aromatic hydroxyl groups is 2.